The maximum Gasteiger partial charge on any atom is 0.251 e. The van der Waals surface area contributed by atoms with E-state index in [9.17, 15) is 4.79 Å². The summed E-state index contributed by atoms with van der Waals surface area (Å²) in [6.07, 6.45) is 0. The Morgan fingerprint density at radius 3 is 2.50 bits per heavy atom. The molecular formula is C15H23Cl2IN4O2. The monoisotopic (exact) mass is 488 g/mol. The number of methoxy groups -OCH3 is 1. The number of aliphatic imine (C=N–C) groups is 1. The van der Waals surface area contributed by atoms with Crippen molar-refractivity contribution in [2.75, 3.05) is 39.9 Å². The van der Waals surface area contributed by atoms with Crippen LogP contribution in [0.4, 0.5) is 0 Å². The summed E-state index contributed by atoms with van der Waals surface area (Å²) < 4.78 is 4.95. The van der Waals surface area contributed by atoms with Crippen molar-refractivity contribution >= 4 is 59.0 Å². The molecule has 0 fully saturated rings. The van der Waals surface area contributed by atoms with Crippen molar-refractivity contribution in [2.45, 2.75) is 6.92 Å². The highest BCUT2D eigenvalue weighted by Gasteiger charge is 2.07. The van der Waals surface area contributed by atoms with Gasteiger partial charge >= 0.3 is 0 Å². The van der Waals surface area contributed by atoms with Gasteiger partial charge in [0.15, 0.2) is 5.96 Å². The zero-order valence-electron chi connectivity index (χ0n) is 13.7. The topological polar surface area (TPSA) is 74.8 Å². The molecule has 0 spiro atoms. The van der Waals surface area contributed by atoms with Crippen molar-refractivity contribution in [1.82, 2.24) is 16.0 Å². The smallest absolute Gasteiger partial charge is 0.251 e. The lowest BCUT2D eigenvalue weighted by Gasteiger charge is -2.12. The number of guanidine groups is 1. The molecule has 1 amide bonds. The molecule has 0 aromatic heterocycles. The second-order valence-corrected chi connectivity index (χ2v) is 5.38. The minimum absolute atomic E-state index is 0. The molecule has 9 heteroatoms. The highest BCUT2D eigenvalue weighted by molar-refractivity contribution is 14.0. The van der Waals surface area contributed by atoms with Crippen LogP contribution in [0.25, 0.3) is 0 Å². The number of carbonyl (C=O) groups excluding carboxylic acids is 1. The van der Waals surface area contributed by atoms with E-state index in [2.05, 4.69) is 20.9 Å². The summed E-state index contributed by atoms with van der Waals surface area (Å²) in [6, 6.07) is 4.78. The Hall–Kier alpha value is -0.770. The van der Waals surface area contributed by atoms with Gasteiger partial charge in [-0.2, -0.15) is 0 Å². The normalized spacial score (nSPS) is 10.8. The van der Waals surface area contributed by atoms with E-state index in [1.165, 1.54) is 0 Å². The molecule has 1 aromatic rings. The molecule has 0 aliphatic heterocycles. The van der Waals surface area contributed by atoms with Gasteiger partial charge in [-0.15, -0.1) is 24.0 Å². The van der Waals surface area contributed by atoms with Crippen LogP contribution in [0.3, 0.4) is 0 Å². The maximum absolute atomic E-state index is 12.0. The second-order valence-electron chi connectivity index (χ2n) is 4.57. The maximum atomic E-state index is 12.0. The highest BCUT2D eigenvalue weighted by atomic mass is 127. The minimum atomic E-state index is -0.202. The number of hydrogen-bond acceptors (Lipinski definition) is 3. The van der Waals surface area contributed by atoms with E-state index >= 15 is 0 Å². The largest absolute Gasteiger partial charge is 0.383 e. The first-order valence-electron chi connectivity index (χ1n) is 7.32. The third-order valence-electron chi connectivity index (χ3n) is 2.79. The molecule has 3 N–H and O–H groups in total. The summed E-state index contributed by atoms with van der Waals surface area (Å²) in [4.78, 5) is 16.3. The number of benzene rings is 1. The molecule has 136 valence electrons. The van der Waals surface area contributed by atoms with Gasteiger partial charge in [-0.25, -0.2) is 0 Å². The number of ether oxygens (including phenoxy) is 1. The van der Waals surface area contributed by atoms with Gasteiger partial charge in [-0.3, -0.25) is 9.79 Å². The highest BCUT2D eigenvalue weighted by Crippen LogP contribution is 2.22. The van der Waals surface area contributed by atoms with Gasteiger partial charge in [0.25, 0.3) is 5.91 Å². The Kier molecular flexibility index (Phi) is 13.1. The van der Waals surface area contributed by atoms with E-state index in [1.54, 1.807) is 25.3 Å². The molecule has 6 nitrogen and oxygen atoms in total. The van der Waals surface area contributed by atoms with E-state index in [0.29, 0.717) is 47.8 Å². The van der Waals surface area contributed by atoms with Crippen molar-refractivity contribution < 1.29 is 9.53 Å². The van der Waals surface area contributed by atoms with Gasteiger partial charge in [-0.05, 0) is 25.1 Å². The van der Waals surface area contributed by atoms with E-state index in [-0.39, 0.29) is 29.9 Å². The molecule has 0 saturated carbocycles. The van der Waals surface area contributed by atoms with Crippen LogP contribution in [0.2, 0.25) is 10.0 Å². The molecule has 0 aliphatic carbocycles. The number of nitrogens with one attached hydrogen (secondary N) is 3. The summed E-state index contributed by atoms with van der Waals surface area (Å²) in [6.45, 7) is 4.87. The lowest BCUT2D eigenvalue weighted by Crippen LogP contribution is -2.41. The molecule has 0 bridgehead atoms. The summed E-state index contributed by atoms with van der Waals surface area (Å²) in [5.41, 5.74) is 0.472. The van der Waals surface area contributed by atoms with Crippen LogP contribution in [-0.2, 0) is 4.74 Å². The first-order chi connectivity index (χ1) is 11.1. The Morgan fingerprint density at radius 2 is 1.88 bits per heavy atom. The van der Waals surface area contributed by atoms with Gasteiger partial charge < -0.3 is 20.7 Å². The quantitative estimate of drug-likeness (QED) is 0.227. The molecule has 0 saturated heterocycles. The number of hydrogen-bond donors (Lipinski definition) is 3. The van der Waals surface area contributed by atoms with E-state index in [1.807, 2.05) is 6.92 Å². The van der Waals surface area contributed by atoms with Crippen LogP contribution in [0.15, 0.2) is 23.2 Å². The van der Waals surface area contributed by atoms with Crippen LogP contribution in [0.5, 0.6) is 0 Å². The molecule has 0 heterocycles. The average molecular weight is 489 g/mol. The van der Waals surface area contributed by atoms with Crippen molar-refractivity contribution in [2.24, 2.45) is 4.99 Å². The number of nitrogens with zero attached hydrogens (tertiary/aromatic N) is 1. The van der Waals surface area contributed by atoms with Gasteiger partial charge in [0.2, 0.25) is 0 Å². The molecule has 0 radical (unpaired) electrons. The summed E-state index contributed by atoms with van der Waals surface area (Å²) in [7, 11) is 1.63. The lowest BCUT2D eigenvalue weighted by molar-refractivity contribution is 0.0954. The summed E-state index contributed by atoms with van der Waals surface area (Å²) >= 11 is 11.7. The Morgan fingerprint density at radius 1 is 1.17 bits per heavy atom. The second kappa shape index (κ2) is 13.5. The summed E-state index contributed by atoms with van der Waals surface area (Å²) in [5.74, 6) is 0.486. The van der Waals surface area contributed by atoms with Crippen LogP contribution in [-0.4, -0.2) is 51.8 Å². The van der Waals surface area contributed by atoms with Crippen LogP contribution in [0.1, 0.15) is 17.3 Å². The van der Waals surface area contributed by atoms with Crippen molar-refractivity contribution in [3.05, 3.63) is 33.8 Å². The van der Waals surface area contributed by atoms with Crippen LogP contribution in [0, 0.1) is 0 Å². The first kappa shape index (κ1) is 23.2. The van der Waals surface area contributed by atoms with Gasteiger partial charge in [-0.1, -0.05) is 23.2 Å². The van der Waals surface area contributed by atoms with Crippen LogP contribution < -0.4 is 16.0 Å². The molecule has 0 aliphatic rings. The van der Waals surface area contributed by atoms with Crippen LogP contribution >= 0.6 is 47.2 Å². The minimum Gasteiger partial charge on any atom is -0.383 e. The van der Waals surface area contributed by atoms with Gasteiger partial charge in [0.05, 0.1) is 23.2 Å². The predicted molar refractivity (Wildman–Crippen MR) is 110 cm³/mol. The molecular weight excluding hydrogens is 466 g/mol. The molecule has 1 aromatic carbocycles. The molecule has 0 atom stereocenters. The molecule has 24 heavy (non-hydrogen) atoms. The fourth-order valence-electron chi connectivity index (χ4n) is 1.69. The van der Waals surface area contributed by atoms with Crippen molar-refractivity contribution in [1.29, 1.82) is 0 Å². The number of amides is 1. The van der Waals surface area contributed by atoms with E-state index in [0.717, 1.165) is 6.54 Å². The average Bonchev–Trinajstić information content (AvgIpc) is 2.54. The summed E-state index contributed by atoms with van der Waals surface area (Å²) in [5, 5.41) is 9.82. The van der Waals surface area contributed by atoms with E-state index in [4.69, 9.17) is 27.9 Å². The molecule has 0 unspecified atom stereocenters. The van der Waals surface area contributed by atoms with E-state index < -0.39 is 0 Å². The number of carbonyl (C=O) groups is 1. The fourth-order valence-corrected chi connectivity index (χ4v) is 1.98. The first-order valence-corrected chi connectivity index (χ1v) is 8.08. The lowest BCUT2D eigenvalue weighted by atomic mass is 10.2. The van der Waals surface area contributed by atoms with Crippen molar-refractivity contribution in [3.63, 3.8) is 0 Å². The zero-order chi connectivity index (χ0) is 17.1. The number of rotatable bonds is 8. The third kappa shape index (κ3) is 8.91. The Labute approximate surface area is 169 Å². The van der Waals surface area contributed by atoms with Crippen molar-refractivity contribution in [3.8, 4) is 0 Å². The standard InChI is InChI=1S/C15H22Cl2N4O2.HI/c1-3-18-15(21-8-9-23-2)20-7-6-19-14(22)11-4-5-12(16)13(17)10-11;/h4-5,10H,3,6-9H2,1-2H3,(H,19,22)(H2,18,20,21);1H. The third-order valence-corrected chi connectivity index (χ3v) is 3.53. The fraction of sp³-hybridized carbons (Fsp3) is 0.467. The Bertz CT molecular complexity index is 544. The van der Waals surface area contributed by atoms with Gasteiger partial charge in [0.1, 0.15) is 0 Å². The predicted octanol–water partition coefficient (Wildman–Crippen LogP) is 2.54. The zero-order valence-corrected chi connectivity index (χ0v) is 17.5. The molecule has 1 rings (SSSR count). The number of halogens is 3. The Balaban J connectivity index is 0.00000529. The SMILES string of the molecule is CCNC(=NCCOC)NCCNC(=O)c1ccc(Cl)c(Cl)c1.I. The van der Waals surface area contributed by atoms with Gasteiger partial charge in [0, 0.05) is 32.3 Å².